The van der Waals surface area contributed by atoms with Crippen LogP contribution < -0.4 is 10.1 Å². The van der Waals surface area contributed by atoms with E-state index in [2.05, 4.69) is 15.5 Å². The zero-order valence-corrected chi connectivity index (χ0v) is 14.6. The van der Waals surface area contributed by atoms with Gasteiger partial charge in [-0.05, 0) is 37.1 Å². The Hall–Kier alpha value is -3.09. The molecule has 2 heterocycles. The molecule has 0 radical (unpaired) electrons. The summed E-state index contributed by atoms with van der Waals surface area (Å²) in [6.07, 6.45) is 5.30. The fraction of sp³-hybridized carbons (Fsp3) is 0.278. The summed E-state index contributed by atoms with van der Waals surface area (Å²) in [5.41, 5.74) is 3.49. The van der Waals surface area contributed by atoms with E-state index in [4.69, 9.17) is 4.74 Å². The highest BCUT2D eigenvalue weighted by atomic mass is 16.5. The number of carbonyl (C=O) groups is 1. The highest BCUT2D eigenvalue weighted by Gasteiger charge is 2.10. The van der Waals surface area contributed by atoms with E-state index in [1.165, 1.54) is 0 Å². The van der Waals surface area contributed by atoms with Crippen molar-refractivity contribution < 1.29 is 9.53 Å². The van der Waals surface area contributed by atoms with E-state index < -0.39 is 0 Å². The Labute approximate surface area is 146 Å². The first kappa shape index (κ1) is 16.8. The molecule has 0 aliphatic heterocycles. The molecule has 3 rings (SSSR count). The first-order valence-corrected chi connectivity index (χ1v) is 8.00. The molecule has 1 aromatic carbocycles. The number of hydrogen-bond acceptors (Lipinski definition) is 4. The number of amides is 1. The third kappa shape index (κ3) is 4.26. The van der Waals surface area contributed by atoms with E-state index in [0.29, 0.717) is 12.2 Å². The van der Waals surface area contributed by atoms with Gasteiger partial charge in [0.25, 0.3) is 5.91 Å². The topological polar surface area (TPSA) is 74.0 Å². The third-order valence-corrected chi connectivity index (χ3v) is 3.78. The van der Waals surface area contributed by atoms with Crippen LogP contribution in [0.25, 0.3) is 0 Å². The standard InChI is InChI=1S/C18H21N5O2/c1-13-4-5-14(2)17(8-13)25-12-23-7-6-16(21-23)18(24)19-9-15-10-20-22(3)11-15/h4-8,10-11H,9,12H2,1-3H3,(H,19,24). The first-order valence-electron chi connectivity index (χ1n) is 8.00. The number of benzene rings is 1. The van der Waals surface area contributed by atoms with Crippen molar-refractivity contribution >= 4 is 5.91 Å². The van der Waals surface area contributed by atoms with Gasteiger partial charge in [0.2, 0.25) is 0 Å². The maximum atomic E-state index is 12.2. The van der Waals surface area contributed by atoms with Crippen molar-refractivity contribution in [3.05, 3.63) is 65.2 Å². The summed E-state index contributed by atoms with van der Waals surface area (Å²) >= 11 is 0. The number of hydrogen-bond donors (Lipinski definition) is 1. The number of carbonyl (C=O) groups excluding carboxylic acids is 1. The van der Waals surface area contributed by atoms with Crippen LogP contribution in [0.4, 0.5) is 0 Å². The molecule has 25 heavy (non-hydrogen) atoms. The van der Waals surface area contributed by atoms with Gasteiger partial charge in [-0.2, -0.15) is 10.2 Å². The van der Waals surface area contributed by atoms with Gasteiger partial charge in [-0.1, -0.05) is 12.1 Å². The van der Waals surface area contributed by atoms with E-state index in [-0.39, 0.29) is 12.6 Å². The zero-order chi connectivity index (χ0) is 17.8. The number of nitrogens with zero attached hydrogens (tertiary/aromatic N) is 4. The van der Waals surface area contributed by atoms with Crippen molar-refractivity contribution in [1.82, 2.24) is 24.9 Å². The molecule has 2 aromatic heterocycles. The fourth-order valence-corrected chi connectivity index (χ4v) is 2.39. The second kappa shape index (κ2) is 7.21. The minimum Gasteiger partial charge on any atom is -0.471 e. The van der Waals surface area contributed by atoms with E-state index in [9.17, 15) is 4.79 Å². The van der Waals surface area contributed by atoms with Crippen molar-refractivity contribution in [2.75, 3.05) is 0 Å². The Morgan fingerprint density at radius 2 is 2.12 bits per heavy atom. The van der Waals surface area contributed by atoms with Crippen LogP contribution in [0.15, 0.2) is 42.9 Å². The van der Waals surface area contributed by atoms with Gasteiger partial charge in [-0.15, -0.1) is 0 Å². The minimum atomic E-state index is -0.227. The van der Waals surface area contributed by atoms with Gasteiger partial charge in [0.05, 0.1) is 6.20 Å². The number of aryl methyl sites for hydroxylation is 3. The summed E-state index contributed by atoms with van der Waals surface area (Å²) in [6.45, 7) is 4.68. The van der Waals surface area contributed by atoms with Crippen molar-refractivity contribution in [2.45, 2.75) is 27.1 Å². The van der Waals surface area contributed by atoms with Gasteiger partial charge in [-0.25, -0.2) is 4.68 Å². The van der Waals surface area contributed by atoms with Crippen LogP contribution in [0.1, 0.15) is 27.2 Å². The van der Waals surface area contributed by atoms with Crippen molar-refractivity contribution in [3.8, 4) is 5.75 Å². The van der Waals surface area contributed by atoms with Crippen LogP contribution >= 0.6 is 0 Å². The average molecular weight is 339 g/mol. The van der Waals surface area contributed by atoms with Gasteiger partial charge in [0, 0.05) is 31.5 Å². The molecule has 7 heteroatoms. The fourth-order valence-electron chi connectivity index (χ4n) is 2.39. The number of ether oxygens (including phenoxy) is 1. The highest BCUT2D eigenvalue weighted by molar-refractivity contribution is 5.92. The summed E-state index contributed by atoms with van der Waals surface area (Å²) in [5, 5.41) is 11.1. The molecule has 0 aliphatic carbocycles. The van der Waals surface area contributed by atoms with Crippen molar-refractivity contribution in [1.29, 1.82) is 0 Å². The minimum absolute atomic E-state index is 0.227. The molecule has 7 nitrogen and oxygen atoms in total. The molecule has 0 unspecified atom stereocenters. The quantitative estimate of drug-likeness (QED) is 0.747. The maximum Gasteiger partial charge on any atom is 0.272 e. The Kier molecular flexibility index (Phi) is 4.83. The Morgan fingerprint density at radius 1 is 1.28 bits per heavy atom. The number of rotatable bonds is 6. The molecule has 0 aliphatic rings. The second-order valence-corrected chi connectivity index (χ2v) is 5.99. The van der Waals surface area contributed by atoms with Crippen LogP contribution in [0.2, 0.25) is 0 Å². The Morgan fingerprint density at radius 3 is 2.88 bits per heavy atom. The molecule has 0 spiro atoms. The molecule has 0 atom stereocenters. The summed E-state index contributed by atoms with van der Waals surface area (Å²) in [6, 6.07) is 7.72. The molecule has 3 aromatic rings. The molecular weight excluding hydrogens is 318 g/mol. The van der Waals surface area contributed by atoms with Crippen LogP contribution in [0, 0.1) is 13.8 Å². The molecule has 1 N–H and O–H groups in total. The van der Waals surface area contributed by atoms with Crippen molar-refractivity contribution in [2.24, 2.45) is 7.05 Å². The second-order valence-electron chi connectivity index (χ2n) is 5.99. The van der Waals surface area contributed by atoms with Crippen LogP contribution in [0.3, 0.4) is 0 Å². The van der Waals surface area contributed by atoms with E-state index >= 15 is 0 Å². The predicted molar refractivity (Wildman–Crippen MR) is 93.1 cm³/mol. The van der Waals surface area contributed by atoms with E-state index in [1.807, 2.05) is 45.3 Å². The lowest BCUT2D eigenvalue weighted by Crippen LogP contribution is -2.23. The van der Waals surface area contributed by atoms with Crippen molar-refractivity contribution in [3.63, 3.8) is 0 Å². The maximum absolute atomic E-state index is 12.2. The largest absolute Gasteiger partial charge is 0.471 e. The normalized spacial score (nSPS) is 10.7. The molecule has 0 bridgehead atoms. The third-order valence-electron chi connectivity index (χ3n) is 3.78. The lowest BCUT2D eigenvalue weighted by atomic mass is 10.1. The average Bonchev–Trinajstić information content (AvgIpc) is 3.22. The van der Waals surface area contributed by atoms with Gasteiger partial charge in [-0.3, -0.25) is 9.48 Å². The van der Waals surface area contributed by atoms with Crippen LogP contribution in [0.5, 0.6) is 5.75 Å². The monoisotopic (exact) mass is 339 g/mol. The molecular formula is C18H21N5O2. The molecule has 1 amide bonds. The number of aromatic nitrogens is 4. The molecule has 130 valence electrons. The molecule has 0 saturated heterocycles. The smallest absolute Gasteiger partial charge is 0.272 e. The van der Waals surface area contributed by atoms with E-state index in [0.717, 1.165) is 22.4 Å². The van der Waals surface area contributed by atoms with Gasteiger partial charge in [0.1, 0.15) is 11.4 Å². The summed E-state index contributed by atoms with van der Waals surface area (Å²) < 4.78 is 9.08. The predicted octanol–water partition coefficient (Wildman–Crippen LogP) is 2.20. The van der Waals surface area contributed by atoms with Gasteiger partial charge in [0.15, 0.2) is 6.73 Å². The SMILES string of the molecule is Cc1ccc(C)c(OCn2ccc(C(=O)NCc3cnn(C)c3)n2)c1. The highest BCUT2D eigenvalue weighted by Crippen LogP contribution is 2.19. The first-order chi connectivity index (χ1) is 12.0. The number of nitrogens with one attached hydrogen (secondary N) is 1. The summed E-state index contributed by atoms with van der Waals surface area (Å²) in [7, 11) is 1.84. The zero-order valence-electron chi connectivity index (χ0n) is 14.6. The van der Waals surface area contributed by atoms with Gasteiger partial charge >= 0.3 is 0 Å². The lowest BCUT2D eigenvalue weighted by molar-refractivity contribution is 0.0944. The summed E-state index contributed by atoms with van der Waals surface area (Å²) in [4.78, 5) is 12.2. The van der Waals surface area contributed by atoms with E-state index in [1.54, 1.807) is 27.8 Å². The Balaban J connectivity index is 1.56. The lowest BCUT2D eigenvalue weighted by Gasteiger charge is -2.09. The van der Waals surface area contributed by atoms with Crippen LogP contribution in [-0.4, -0.2) is 25.5 Å². The molecule has 0 fully saturated rings. The van der Waals surface area contributed by atoms with Crippen LogP contribution in [-0.2, 0) is 20.3 Å². The molecule has 0 saturated carbocycles. The summed E-state index contributed by atoms with van der Waals surface area (Å²) in [5.74, 6) is 0.590. The van der Waals surface area contributed by atoms with Gasteiger partial charge < -0.3 is 10.1 Å². The Bertz CT molecular complexity index is 881.